The highest BCUT2D eigenvalue weighted by atomic mass is 32.1. The zero-order chi connectivity index (χ0) is 35.0. The maximum absolute atomic E-state index is 6.55. The van der Waals surface area contributed by atoms with Crippen LogP contribution in [0.25, 0.3) is 108 Å². The van der Waals surface area contributed by atoms with E-state index in [1.165, 1.54) is 108 Å². The minimum absolute atomic E-state index is 0.190. The normalized spacial score (nSPS) is 13.6. The fourth-order valence-corrected chi connectivity index (χ4v) is 10.8. The number of hydrogen-bond donors (Lipinski definition) is 0. The van der Waals surface area contributed by atoms with Gasteiger partial charge in [-0.3, -0.25) is 0 Å². The Kier molecular flexibility index (Phi) is 5.78. The van der Waals surface area contributed by atoms with Crippen molar-refractivity contribution in [2.45, 2.75) is 19.3 Å². The summed E-state index contributed by atoms with van der Waals surface area (Å²) < 4.78 is 9.21. The number of hydrogen-bond acceptors (Lipinski definition) is 2. The molecule has 0 fully saturated rings. The number of thiophene rings is 1. The van der Waals surface area contributed by atoms with Gasteiger partial charge < -0.3 is 4.42 Å². The van der Waals surface area contributed by atoms with Crippen LogP contribution in [-0.2, 0) is 5.41 Å². The van der Waals surface area contributed by atoms with Gasteiger partial charge in [-0.2, -0.15) is 0 Å². The van der Waals surface area contributed by atoms with Gasteiger partial charge in [0.2, 0.25) is 0 Å². The monoisotopic (exact) mass is 692 g/mol. The Morgan fingerprint density at radius 3 is 1.83 bits per heavy atom. The van der Waals surface area contributed by atoms with Gasteiger partial charge in [-0.25, -0.2) is 0 Å². The Morgan fingerprint density at radius 1 is 0.415 bits per heavy atom. The molecule has 53 heavy (non-hydrogen) atoms. The van der Waals surface area contributed by atoms with Gasteiger partial charge in [0.05, 0.1) is 0 Å². The van der Waals surface area contributed by atoms with Crippen molar-refractivity contribution in [1.82, 2.24) is 0 Å². The van der Waals surface area contributed by atoms with E-state index in [1.807, 2.05) is 11.3 Å². The summed E-state index contributed by atoms with van der Waals surface area (Å²) in [6.45, 7) is 4.78. The predicted octanol–water partition coefficient (Wildman–Crippen LogP) is 15.1. The number of rotatable bonds is 2. The van der Waals surface area contributed by atoms with Crippen LogP contribution in [0.5, 0.6) is 0 Å². The average molecular weight is 693 g/mol. The molecule has 9 aromatic carbocycles. The zero-order valence-electron chi connectivity index (χ0n) is 29.3. The highest BCUT2D eigenvalue weighted by Gasteiger charge is 2.37. The topological polar surface area (TPSA) is 13.1 Å². The fourth-order valence-electron chi connectivity index (χ4n) is 9.64. The van der Waals surface area contributed by atoms with E-state index < -0.39 is 0 Å². The molecular weight excluding hydrogens is 661 g/mol. The van der Waals surface area contributed by atoms with Crippen LogP contribution in [0.15, 0.2) is 162 Å². The summed E-state index contributed by atoms with van der Waals surface area (Å²) in [6.07, 6.45) is 0. The molecule has 11 aromatic rings. The molecule has 248 valence electrons. The second kappa shape index (κ2) is 10.4. The molecule has 1 aliphatic carbocycles. The molecule has 0 aliphatic heterocycles. The molecule has 0 unspecified atom stereocenters. The van der Waals surface area contributed by atoms with Crippen molar-refractivity contribution in [1.29, 1.82) is 0 Å². The smallest absolute Gasteiger partial charge is 0.136 e. The largest absolute Gasteiger partial charge is 0.456 e. The van der Waals surface area contributed by atoms with E-state index in [2.05, 4.69) is 172 Å². The maximum atomic E-state index is 6.55. The summed E-state index contributed by atoms with van der Waals surface area (Å²) in [6, 6.07) is 58.6. The van der Waals surface area contributed by atoms with Crippen LogP contribution in [0.2, 0.25) is 0 Å². The Labute approximate surface area is 310 Å². The SMILES string of the molecule is CC1(C)c2cc(-c3c4ccccc4c(-c4cccc5sc6ccccc6c45)c4ccccc34)ccc2-c2cc3oc4ccc5ccccc5c4c3cc21. The number of furan rings is 1. The Bertz CT molecular complexity index is 3320. The molecule has 2 heterocycles. The van der Waals surface area contributed by atoms with Gasteiger partial charge >= 0.3 is 0 Å². The average Bonchev–Trinajstić information content (AvgIpc) is 3.83. The molecule has 12 rings (SSSR count). The fraction of sp³-hybridized carbons (Fsp3) is 0.0588. The van der Waals surface area contributed by atoms with Crippen molar-refractivity contribution >= 4 is 85.8 Å². The minimum atomic E-state index is -0.190. The molecule has 2 heteroatoms. The summed E-state index contributed by atoms with van der Waals surface area (Å²) >= 11 is 1.88. The van der Waals surface area contributed by atoms with Gasteiger partial charge in [-0.15, -0.1) is 11.3 Å². The van der Waals surface area contributed by atoms with Crippen LogP contribution in [-0.4, -0.2) is 0 Å². The highest BCUT2D eigenvalue weighted by Crippen LogP contribution is 2.54. The first-order valence-electron chi connectivity index (χ1n) is 18.4. The first kappa shape index (κ1) is 29.4. The van der Waals surface area contributed by atoms with Crippen LogP contribution in [0.3, 0.4) is 0 Å². The van der Waals surface area contributed by atoms with Crippen LogP contribution in [0.1, 0.15) is 25.0 Å². The summed E-state index contributed by atoms with van der Waals surface area (Å²) in [4.78, 5) is 0. The Balaban J connectivity index is 1.10. The summed E-state index contributed by atoms with van der Waals surface area (Å²) in [7, 11) is 0. The van der Waals surface area contributed by atoms with Crippen molar-refractivity contribution < 1.29 is 4.42 Å². The molecule has 0 spiro atoms. The van der Waals surface area contributed by atoms with Gasteiger partial charge in [-0.05, 0) is 113 Å². The third-order valence-electron chi connectivity index (χ3n) is 12.0. The second-order valence-corrected chi connectivity index (χ2v) is 16.2. The van der Waals surface area contributed by atoms with E-state index in [1.54, 1.807) is 0 Å². The third kappa shape index (κ3) is 3.91. The number of fused-ring (bicyclic) bond motifs is 13. The predicted molar refractivity (Wildman–Crippen MR) is 228 cm³/mol. The molecular formula is C51H32OS. The summed E-state index contributed by atoms with van der Waals surface area (Å²) in [5.74, 6) is 0. The molecule has 0 amide bonds. The van der Waals surface area contributed by atoms with Gasteiger partial charge in [-0.1, -0.05) is 135 Å². The quantitative estimate of drug-likeness (QED) is 0.164. The van der Waals surface area contributed by atoms with Crippen LogP contribution < -0.4 is 0 Å². The molecule has 2 aromatic heterocycles. The molecule has 0 N–H and O–H groups in total. The van der Waals surface area contributed by atoms with E-state index >= 15 is 0 Å². The molecule has 1 nitrogen and oxygen atoms in total. The third-order valence-corrected chi connectivity index (χ3v) is 13.2. The second-order valence-electron chi connectivity index (χ2n) is 15.2. The standard InChI is InChI=1S/C51H32OS/c1-51(2)41-26-30(22-24-32(41)39-28-44-40(27-42(39)51)49-31-13-4-3-12-29(31)23-25-43(49)52-44)47-33-14-5-7-16-35(33)48(36-17-8-6-15-34(36)47)38-19-11-21-46-50(38)37-18-9-10-20-45(37)53-46/h3-28H,1-2H3. The van der Waals surface area contributed by atoms with Crippen LogP contribution >= 0.6 is 11.3 Å². The minimum Gasteiger partial charge on any atom is -0.456 e. The summed E-state index contributed by atoms with van der Waals surface area (Å²) in [5, 5.41) is 12.7. The van der Waals surface area contributed by atoms with Crippen LogP contribution in [0.4, 0.5) is 0 Å². The van der Waals surface area contributed by atoms with E-state index in [4.69, 9.17) is 4.42 Å². The maximum Gasteiger partial charge on any atom is 0.136 e. The van der Waals surface area contributed by atoms with Crippen molar-refractivity contribution in [3.8, 4) is 33.4 Å². The molecule has 0 saturated carbocycles. The van der Waals surface area contributed by atoms with E-state index in [-0.39, 0.29) is 5.41 Å². The van der Waals surface area contributed by atoms with Crippen molar-refractivity contribution in [2.24, 2.45) is 0 Å². The lowest BCUT2D eigenvalue weighted by Gasteiger charge is -2.23. The number of benzene rings is 9. The lowest BCUT2D eigenvalue weighted by atomic mass is 9.80. The summed E-state index contributed by atoms with van der Waals surface area (Å²) in [5.41, 5.74) is 12.1. The van der Waals surface area contributed by atoms with Crippen molar-refractivity contribution in [3.05, 3.63) is 169 Å². The Hall–Kier alpha value is -6.22. The van der Waals surface area contributed by atoms with Crippen molar-refractivity contribution in [3.63, 3.8) is 0 Å². The first-order valence-corrected chi connectivity index (χ1v) is 19.2. The molecule has 0 atom stereocenters. The van der Waals surface area contributed by atoms with E-state index in [9.17, 15) is 0 Å². The highest BCUT2D eigenvalue weighted by molar-refractivity contribution is 7.26. The zero-order valence-corrected chi connectivity index (χ0v) is 30.1. The lowest BCUT2D eigenvalue weighted by molar-refractivity contribution is 0.658. The van der Waals surface area contributed by atoms with Crippen molar-refractivity contribution in [2.75, 3.05) is 0 Å². The first-order chi connectivity index (χ1) is 26.0. The Morgan fingerprint density at radius 2 is 1.06 bits per heavy atom. The van der Waals surface area contributed by atoms with Gasteiger partial charge in [0.15, 0.2) is 0 Å². The van der Waals surface area contributed by atoms with E-state index in [0.717, 1.165) is 11.2 Å². The van der Waals surface area contributed by atoms with Gasteiger partial charge in [0.25, 0.3) is 0 Å². The molecule has 0 bridgehead atoms. The molecule has 1 aliphatic rings. The molecule has 0 radical (unpaired) electrons. The van der Waals surface area contributed by atoms with Gasteiger partial charge in [0, 0.05) is 36.4 Å². The van der Waals surface area contributed by atoms with Crippen LogP contribution in [0, 0.1) is 0 Å². The molecule has 0 saturated heterocycles. The van der Waals surface area contributed by atoms with E-state index in [0.29, 0.717) is 0 Å². The van der Waals surface area contributed by atoms with Gasteiger partial charge in [0.1, 0.15) is 11.2 Å². The lowest BCUT2D eigenvalue weighted by Crippen LogP contribution is -2.15.